The van der Waals surface area contributed by atoms with E-state index in [1.807, 2.05) is 0 Å². The van der Waals surface area contributed by atoms with Crippen LogP contribution in [0, 0.1) is 17.8 Å². The van der Waals surface area contributed by atoms with Gasteiger partial charge in [-0.05, 0) is 90.3 Å². The van der Waals surface area contributed by atoms with E-state index in [1.54, 1.807) is 10.5 Å². The topological polar surface area (TPSA) is 52.0 Å². The number of allylic oxidation sites excluding steroid dienone is 8. The van der Waals surface area contributed by atoms with Gasteiger partial charge in [-0.15, -0.1) is 11.8 Å². The predicted octanol–water partition coefficient (Wildman–Crippen LogP) is 5.74. The summed E-state index contributed by atoms with van der Waals surface area (Å²) < 4.78 is 0. The van der Waals surface area contributed by atoms with Gasteiger partial charge in [0.25, 0.3) is 0 Å². The van der Waals surface area contributed by atoms with E-state index in [0.29, 0.717) is 29.8 Å². The molecule has 0 amide bonds. The Kier molecular flexibility index (Phi) is 6.32. The van der Waals surface area contributed by atoms with Crippen LogP contribution in [0.15, 0.2) is 116 Å². The molecule has 0 aromatic heterocycles. The Labute approximate surface area is 241 Å². The number of likely N-dealkylation sites (tertiary alicyclic amines) is 1. The van der Waals surface area contributed by atoms with Crippen molar-refractivity contribution in [1.29, 1.82) is 0 Å². The number of dihydropyridines is 1. The van der Waals surface area contributed by atoms with Crippen LogP contribution in [0.1, 0.15) is 32.1 Å². The molecule has 0 radical (unpaired) electrons. The molecule has 0 aromatic rings. The number of aliphatic imine (C=N–C) groups is 2. The number of fused-ring (bicyclic) bond motifs is 4. The summed E-state index contributed by atoms with van der Waals surface area (Å²) in [7, 11) is 0. The summed E-state index contributed by atoms with van der Waals surface area (Å²) in [6.45, 7) is 1.78. The number of rotatable bonds is 4. The van der Waals surface area contributed by atoms with Crippen LogP contribution >= 0.6 is 11.8 Å². The first-order valence-electron chi connectivity index (χ1n) is 15.1. The van der Waals surface area contributed by atoms with Crippen molar-refractivity contribution in [3.8, 4) is 0 Å². The molecule has 2 N–H and O–H groups in total. The molecule has 5 aliphatic heterocycles. The number of nitrogens with one attached hydrogen (secondary N) is 2. The van der Waals surface area contributed by atoms with E-state index < -0.39 is 0 Å². The molecular formula is C34H37N5S. The van der Waals surface area contributed by atoms with Gasteiger partial charge in [-0.2, -0.15) is 0 Å². The molecule has 0 aromatic carbocycles. The normalized spacial score (nSPS) is 35.6. The average Bonchev–Trinajstić information content (AvgIpc) is 3.64. The zero-order valence-corrected chi connectivity index (χ0v) is 23.7. The van der Waals surface area contributed by atoms with E-state index >= 15 is 0 Å². The van der Waals surface area contributed by atoms with Crippen molar-refractivity contribution in [2.75, 3.05) is 18.8 Å². The first-order valence-corrected chi connectivity index (χ1v) is 16.0. The summed E-state index contributed by atoms with van der Waals surface area (Å²) in [5.41, 5.74) is 6.84. The van der Waals surface area contributed by atoms with E-state index in [-0.39, 0.29) is 6.04 Å². The Balaban J connectivity index is 1.09. The van der Waals surface area contributed by atoms with Crippen molar-refractivity contribution >= 4 is 23.8 Å². The molecule has 0 spiro atoms. The maximum absolute atomic E-state index is 5.31. The van der Waals surface area contributed by atoms with Crippen molar-refractivity contribution in [2.24, 2.45) is 27.7 Å². The molecule has 0 bridgehead atoms. The molecule has 8 rings (SSSR count). The van der Waals surface area contributed by atoms with Crippen LogP contribution in [-0.4, -0.2) is 53.9 Å². The van der Waals surface area contributed by atoms with Gasteiger partial charge in [-0.1, -0.05) is 48.6 Å². The highest BCUT2D eigenvalue weighted by Crippen LogP contribution is 2.53. The van der Waals surface area contributed by atoms with Crippen molar-refractivity contribution < 1.29 is 0 Å². The fourth-order valence-corrected chi connectivity index (χ4v) is 9.10. The molecule has 40 heavy (non-hydrogen) atoms. The Bertz CT molecular complexity index is 1430. The van der Waals surface area contributed by atoms with Crippen LogP contribution < -0.4 is 10.6 Å². The van der Waals surface area contributed by atoms with E-state index in [0.717, 1.165) is 44.6 Å². The molecule has 204 valence electrons. The first kappa shape index (κ1) is 24.5. The predicted molar refractivity (Wildman–Crippen MR) is 167 cm³/mol. The van der Waals surface area contributed by atoms with Crippen molar-refractivity contribution in [2.45, 2.75) is 50.2 Å². The highest BCUT2D eigenvalue weighted by atomic mass is 32.2. The van der Waals surface area contributed by atoms with E-state index in [9.17, 15) is 0 Å². The molecule has 6 atom stereocenters. The Morgan fingerprint density at radius 1 is 1.00 bits per heavy atom. The van der Waals surface area contributed by atoms with E-state index in [2.05, 4.69) is 112 Å². The largest absolute Gasteiger partial charge is 0.387 e. The van der Waals surface area contributed by atoms with Gasteiger partial charge in [-0.25, -0.2) is 0 Å². The number of hydrogen-bond acceptors (Lipinski definition) is 6. The number of amidine groups is 1. The second kappa shape index (κ2) is 10.3. The Hall–Kier alpha value is -3.25. The van der Waals surface area contributed by atoms with Crippen molar-refractivity contribution in [3.63, 3.8) is 0 Å². The highest BCUT2D eigenvalue weighted by molar-refractivity contribution is 8.03. The minimum absolute atomic E-state index is 0.187. The van der Waals surface area contributed by atoms with Crippen LogP contribution in [0.4, 0.5) is 0 Å². The standard InChI is InChI=1S/C34H37N5S/c1-2-4-30-27(3-1)32-31(10-7-24-15-20-40-33(24)32)39(30)26-8-5-25(6-9-26)34-37-28(22-11-16-35-17-12-22)21-29(38-34)23-13-18-36-19-14-23/h1-5,7-8,10-12,16,18,21,23,27,29-32,35H,6,9,13-15,17,19-20H2,(H,37,38). The summed E-state index contributed by atoms with van der Waals surface area (Å²) in [6, 6.07) is 1.07. The lowest BCUT2D eigenvalue weighted by Crippen LogP contribution is -2.38. The summed E-state index contributed by atoms with van der Waals surface area (Å²) in [5.74, 6) is 3.97. The zero-order valence-electron chi connectivity index (χ0n) is 22.9. The van der Waals surface area contributed by atoms with Crippen LogP contribution in [-0.2, 0) is 0 Å². The molecule has 8 aliphatic rings. The third-order valence-electron chi connectivity index (χ3n) is 9.73. The summed E-state index contributed by atoms with van der Waals surface area (Å²) in [5, 5.41) is 7.03. The minimum Gasteiger partial charge on any atom is -0.387 e. The number of thioether (sulfide) groups is 1. The molecule has 5 heterocycles. The van der Waals surface area contributed by atoms with Gasteiger partial charge in [0.15, 0.2) is 0 Å². The summed E-state index contributed by atoms with van der Waals surface area (Å²) in [6.07, 6.45) is 35.5. The molecule has 1 fully saturated rings. The summed E-state index contributed by atoms with van der Waals surface area (Å²) >= 11 is 2.11. The maximum Gasteiger partial charge on any atom is 0.129 e. The molecule has 0 saturated carbocycles. The second-order valence-electron chi connectivity index (χ2n) is 11.9. The molecule has 3 aliphatic carbocycles. The number of hydrogen-bond donors (Lipinski definition) is 2. The Morgan fingerprint density at radius 2 is 1.98 bits per heavy atom. The van der Waals surface area contributed by atoms with Gasteiger partial charge < -0.3 is 15.5 Å². The monoisotopic (exact) mass is 547 g/mol. The van der Waals surface area contributed by atoms with E-state index in [4.69, 9.17) is 4.99 Å². The third kappa shape index (κ3) is 4.23. The second-order valence-corrected chi connectivity index (χ2v) is 13.0. The fourth-order valence-electron chi connectivity index (χ4n) is 7.72. The van der Waals surface area contributed by atoms with Crippen LogP contribution in [0.5, 0.6) is 0 Å². The minimum atomic E-state index is 0.187. The van der Waals surface area contributed by atoms with Gasteiger partial charge >= 0.3 is 0 Å². The van der Waals surface area contributed by atoms with Crippen molar-refractivity contribution in [3.05, 3.63) is 106 Å². The fraction of sp³-hybridized carbons (Fsp3) is 0.412. The van der Waals surface area contributed by atoms with Crippen LogP contribution in [0.3, 0.4) is 0 Å². The first-order chi connectivity index (χ1) is 19.8. The van der Waals surface area contributed by atoms with Gasteiger partial charge in [-0.3, -0.25) is 9.98 Å². The lowest BCUT2D eigenvalue weighted by Gasteiger charge is -2.36. The van der Waals surface area contributed by atoms with Crippen LogP contribution in [0.25, 0.3) is 0 Å². The Morgan fingerprint density at radius 3 is 2.83 bits per heavy atom. The van der Waals surface area contributed by atoms with Crippen molar-refractivity contribution in [1.82, 2.24) is 15.5 Å². The molecule has 5 nitrogen and oxygen atoms in total. The lowest BCUT2D eigenvalue weighted by molar-refractivity contribution is 0.290. The van der Waals surface area contributed by atoms with Gasteiger partial charge in [0.05, 0.1) is 18.1 Å². The lowest BCUT2D eigenvalue weighted by atomic mass is 9.81. The SMILES string of the molecule is C1=CC2C3C4=C(C=CC3N(C3=CC=C(C5=NC(C6CC=NCC6)C=C(C6=CCNC=C6)N5)CC3)C2C=C1)CCS4. The zero-order chi connectivity index (χ0) is 26.5. The maximum atomic E-state index is 5.31. The average molecular weight is 548 g/mol. The van der Waals surface area contributed by atoms with Gasteiger partial charge in [0.1, 0.15) is 5.84 Å². The quantitative estimate of drug-likeness (QED) is 0.471. The van der Waals surface area contributed by atoms with E-state index in [1.165, 1.54) is 34.7 Å². The molecular weight excluding hydrogens is 510 g/mol. The van der Waals surface area contributed by atoms with Gasteiger partial charge in [0.2, 0.25) is 0 Å². The van der Waals surface area contributed by atoms with Crippen LogP contribution in [0.2, 0.25) is 0 Å². The third-order valence-corrected chi connectivity index (χ3v) is 11.0. The van der Waals surface area contributed by atoms with Gasteiger partial charge in [0, 0.05) is 42.1 Å². The summed E-state index contributed by atoms with van der Waals surface area (Å²) in [4.78, 5) is 14.2. The smallest absolute Gasteiger partial charge is 0.129 e. The highest BCUT2D eigenvalue weighted by Gasteiger charge is 2.50. The molecule has 6 unspecified atom stereocenters. The molecule has 1 saturated heterocycles. The molecule has 6 heteroatoms. The number of nitrogens with zero attached hydrogens (tertiary/aromatic N) is 3.